The van der Waals surface area contributed by atoms with Gasteiger partial charge in [0.1, 0.15) is 6.04 Å². The van der Waals surface area contributed by atoms with Crippen LogP contribution in [0.25, 0.3) is 0 Å². The Kier molecular flexibility index (Phi) is 5.40. The number of pyridine rings is 1. The van der Waals surface area contributed by atoms with Crippen molar-refractivity contribution < 1.29 is 19.0 Å². The van der Waals surface area contributed by atoms with Gasteiger partial charge >= 0.3 is 5.97 Å². The van der Waals surface area contributed by atoms with Gasteiger partial charge < -0.3 is 14.2 Å². The lowest BCUT2D eigenvalue weighted by Crippen LogP contribution is -2.19. The third kappa shape index (κ3) is 3.85. The molecule has 1 aromatic carbocycles. The number of carbonyl (C=O) groups excluding carboxylic acids is 1. The maximum atomic E-state index is 11.9. The Hall–Kier alpha value is -2.73. The van der Waals surface area contributed by atoms with Crippen LogP contribution in [0, 0.1) is 0 Å². The Bertz CT molecular complexity index is 761. The second kappa shape index (κ2) is 7.90. The van der Waals surface area contributed by atoms with E-state index in [0.29, 0.717) is 30.2 Å². The van der Waals surface area contributed by atoms with Gasteiger partial charge in [0.05, 0.1) is 24.3 Å². The average Bonchev–Trinajstić information content (AvgIpc) is 3.07. The third-order valence-electron chi connectivity index (χ3n) is 3.83. The second-order valence-corrected chi connectivity index (χ2v) is 5.59. The summed E-state index contributed by atoms with van der Waals surface area (Å²) < 4.78 is 16.4. The van der Waals surface area contributed by atoms with Gasteiger partial charge in [-0.3, -0.25) is 4.98 Å². The standard InChI is InChI=1S/C19H20N2O4/c1-3-24-19(22)15-9-14(10-20-11-15)18-21-16(12-23-2)17(25-18)13-7-5-4-6-8-13/h4-11,16-17H,3,12H2,1-2H3. The topological polar surface area (TPSA) is 70.0 Å². The quantitative estimate of drug-likeness (QED) is 0.756. The molecule has 2 aromatic rings. The number of aliphatic imine (C=N–C) groups is 1. The lowest BCUT2D eigenvalue weighted by Gasteiger charge is -2.17. The van der Waals surface area contributed by atoms with Crippen LogP contribution in [-0.4, -0.2) is 43.2 Å². The van der Waals surface area contributed by atoms with Crippen molar-refractivity contribution in [1.29, 1.82) is 0 Å². The van der Waals surface area contributed by atoms with Crippen LogP contribution < -0.4 is 0 Å². The minimum Gasteiger partial charge on any atom is -0.467 e. The molecule has 0 aliphatic carbocycles. The van der Waals surface area contributed by atoms with Gasteiger partial charge in [0, 0.05) is 19.5 Å². The molecule has 0 spiro atoms. The largest absolute Gasteiger partial charge is 0.467 e. The predicted molar refractivity (Wildman–Crippen MR) is 92.7 cm³/mol. The summed E-state index contributed by atoms with van der Waals surface area (Å²) in [6, 6.07) is 11.4. The minimum atomic E-state index is -0.413. The van der Waals surface area contributed by atoms with Gasteiger partial charge in [0.25, 0.3) is 0 Å². The van der Waals surface area contributed by atoms with Crippen LogP contribution in [0.15, 0.2) is 53.8 Å². The first kappa shape index (κ1) is 17.1. The summed E-state index contributed by atoms with van der Waals surface area (Å²) in [5.74, 6) is 0.0399. The average molecular weight is 340 g/mol. The first-order valence-corrected chi connectivity index (χ1v) is 8.13. The maximum Gasteiger partial charge on any atom is 0.339 e. The lowest BCUT2D eigenvalue weighted by atomic mass is 10.0. The molecule has 3 rings (SSSR count). The molecule has 0 fully saturated rings. The van der Waals surface area contributed by atoms with E-state index in [1.165, 1.54) is 6.20 Å². The first-order chi connectivity index (χ1) is 12.2. The van der Waals surface area contributed by atoms with Crippen LogP contribution >= 0.6 is 0 Å². The number of benzene rings is 1. The van der Waals surface area contributed by atoms with Gasteiger partial charge in [-0.1, -0.05) is 30.3 Å². The van der Waals surface area contributed by atoms with E-state index in [-0.39, 0.29) is 12.1 Å². The second-order valence-electron chi connectivity index (χ2n) is 5.59. The van der Waals surface area contributed by atoms with Gasteiger partial charge in [-0.15, -0.1) is 0 Å². The van der Waals surface area contributed by atoms with Crippen LogP contribution in [-0.2, 0) is 14.2 Å². The molecule has 0 N–H and O–H groups in total. The predicted octanol–water partition coefficient (Wildman–Crippen LogP) is 2.79. The number of carbonyl (C=O) groups is 1. The highest BCUT2D eigenvalue weighted by atomic mass is 16.5. The fourth-order valence-electron chi connectivity index (χ4n) is 2.70. The normalized spacial score (nSPS) is 19.2. The highest BCUT2D eigenvalue weighted by molar-refractivity contribution is 5.98. The molecule has 0 bridgehead atoms. The van der Waals surface area contributed by atoms with Crippen molar-refractivity contribution in [2.45, 2.75) is 19.1 Å². The minimum absolute atomic E-state index is 0.159. The van der Waals surface area contributed by atoms with Gasteiger partial charge in [-0.25, -0.2) is 9.79 Å². The van der Waals surface area contributed by atoms with Crippen molar-refractivity contribution >= 4 is 11.9 Å². The summed E-state index contributed by atoms with van der Waals surface area (Å²) in [6.45, 7) is 2.51. The molecule has 1 aliphatic rings. The molecule has 1 aromatic heterocycles. The van der Waals surface area contributed by atoms with Gasteiger partial charge in [-0.2, -0.15) is 0 Å². The summed E-state index contributed by atoms with van der Waals surface area (Å²) in [6.07, 6.45) is 2.86. The smallest absolute Gasteiger partial charge is 0.339 e. The fourth-order valence-corrected chi connectivity index (χ4v) is 2.70. The van der Waals surface area contributed by atoms with Gasteiger partial charge in [-0.05, 0) is 18.6 Å². The fraction of sp³-hybridized carbons (Fsp3) is 0.316. The van der Waals surface area contributed by atoms with Crippen molar-refractivity contribution in [3.05, 3.63) is 65.5 Å². The number of hydrogen-bond donors (Lipinski definition) is 0. The van der Waals surface area contributed by atoms with Crippen LogP contribution in [0.3, 0.4) is 0 Å². The highest BCUT2D eigenvalue weighted by Crippen LogP contribution is 2.31. The van der Waals surface area contributed by atoms with Gasteiger partial charge in [0.15, 0.2) is 6.10 Å². The Morgan fingerprint density at radius 3 is 2.76 bits per heavy atom. The van der Waals surface area contributed by atoms with Crippen LogP contribution in [0.5, 0.6) is 0 Å². The van der Waals surface area contributed by atoms with Crippen LogP contribution in [0.4, 0.5) is 0 Å². The molecule has 2 atom stereocenters. The summed E-state index contributed by atoms with van der Waals surface area (Å²) in [5.41, 5.74) is 2.04. The third-order valence-corrected chi connectivity index (χ3v) is 3.83. The molecule has 2 heterocycles. The molecule has 1 aliphatic heterocycles. The summed E-state index contributed by atoms with van der Waals surface area (Å²) in [4.78, 5) is 20.6. The molecule has 25 heavy (non-hydrogen) atoms. The number of nitrogens with zero attached hydrogens (tertiary/aromatic N) is 2. The summed E-state index contributed by atoms with van der Waals surface area (Å²) in [5, 5.41) is 0. The number of hydrogen-bond acceptors (Lipinski definition) is 6. The van der Waals surface area contributed by atoms with Crippen molar-refractivity contribution in [3.63, 3.8) is 0 Å². The molecular formula is C19H20N2O4. The molecule has 130 valence electrons. The van der Waals surface area contributed by atoms with E-state index in [2.05, 4.69) is 9.98 Å². The molecule has 0 saturated carbocycles. The molecule has 0 amide bonds. The summed E-state index contributed by atoms with van der Waals surface area (Å²) in [7, 11) is 1.64. The Morgan fingerprint density at radius 1 is 1.24 bits per heavy atom. The van der Waals surface area contributed by atoms with E-state index in [4.69, 9.17) is 14.2 Å². The number of aromatic nitrogens is 1. The van der Waals surface area contributed by atoms with Crippen molar-refractivity contribution in [3.8, 4) is 0 Å². The molecule has 0 radical (unpaired) electrons. The van der Waals surface area contributed by atoms with Crippen LogP contribution in [0.2, 0.25) is 0 Å². The monoisotopic (exact) mass is 340 g/mol. The zero-order chi connectivity index (χ0) is 17.6. The Balaban J connectivity index is 1.86. The van der Waals surface area contributed by atoms with Crippen molar-refractivity contribution in [2.24, 2.45) is 4.99 Å². The zero-order valence-corrected chi connectivity index (χ0v) is 14.2. The first-order valence-electron chi connectivity index (χ1n) is 8.13. The maximum absolute atomic E-state index is 11.9. The van der Waals surface area contributed by atoms with E-state index in [0.717, 1.165) is 5.56 Å². The summed E-state index contributed by atoms with van der Waals surface area (Å²) >= 11 is 0. The van der Waals surface area contributed by atoms with E-state index in [1.807, 2.05) is 30.3 Å². The van der Waals surface area contributed by atoms with E-state index in [9.17, 15) is 4.79 Å². The lowest BCUT2D eigenvalue weighted by molar-refractivity contribution is 0.0526. The molecule has 6 nitrogen and oxygen atoms in total. The van der Waals surface area contributed by atoms with Gasteiger partial charge in [0.2, 0.25) is 5.90 Å². The molecule has 6 heteroatoms. The van der Waals surface area contributed by atoms with E-state index < -0.39 is 5.97 Å². The zero-order valence-electron chi connectivity index (χ0n) is 14.2. The van der Waals surface area contributed by atoms with Crippen molar-refractivity contribution in [1.82, 2.24) is 4.98 Å². The number of rotatable bonds is 6. The number of methoxy groups -OCH3 is 1. The van der Waals surface area contributed by atoms with E-state index >= 15 is 0 Å². The van der Waals surface area contributed by atoms with Crippen LogP contribution in [0.1, 0.15) is 34.5 Å². The highest BCUT2D eigenvalue weighted by Gasteiger charge is 2.33. The number of ether oxygens (including phenoxy) is 3. The SMILES string of the molecule is CCOC(=O)c1cncc(C2=NC(COC)C(c3ccccc3)O2)c1. The number of esters is 1. The Labute approximate surface area is 146 Å². The molecule has 0 saturated heterocycles. The Morgan fingerprint density at radius 2 is 2.04 bits per heavy atom. The molecule has 2 unspecified atom stereocenters. The molecular weight excluding hydrogens is 320 g/mol. The van der Waals surface area contributed by atoms with Crippen molar-refractivity contribution in [2.75, 3.05) is 20.3 Å². The van der Waals surface area contributed by atoms with E-state index in [1.54, 1.807) is 26.3 Å².